The van der Waals surface area contributed by atoms with Crippen LogP contribution in [0, 0.1) is 5.41 Å². The molecule has 114 valence electrons. The molecule has 0 radical (unpaired) electrons. The molecule has 0 bridgehead atoms. The molecule has 3 heteroatoms. The molecular weight excluding hydrogens is 258 g/mol. The Hall–Kier alpha value is -1.77. The van der Waals surface area contributed by atoms with Crippen LogP contribution in [0.25, 0.3) is 10.9 Å². The molecule has 0 spiro atoms. The van der Waals surface area contributed by atoms with E-state index in [0.29, 0.717) is 6.04 Å². The molecule has 0 saturated carbocycles. The second-order valence-electron chi connectivity index (χ2n) is 6.81. The van der Waals surface area contributed by atoms with Crippen LogP contribution in [0.1, 0.15) is 47.0 Å². The first-order valence-corrected chi connectivity index (χ1v) is 7.83. The molecule has 0 aliphatic heterocycles. The summed E-state index contributed by atoms with van der Waals surface area (Å²) in [5.74, 6) is 0. The van der Waals surface area contributed by atoms with E-state index in [0.717, 1.165) is 28.7 Å². The number of rotatable bonds is 5. The minimum absolute atomic E-state index is 0.186. The number of nitrogens with zero attached hydrogens (tertiary/aromatic N) is 1. The highest BCUT2D eigenvalue weighted by Crippen LogP contribution is 2.33. The Bertz CT molecular complexity index is 599. The van der Waals surface area contributed by atoms with Gasteiger partial charge in [-0.25, -0.2) is 0 Å². The van der Waals surface area contributed by atoms with Crippen LogP contribution in [-0.2, 0) is 0 Å². The molecule has 0 saturated heterocycles. The lowest BCUT2D eigenvalue weighted by atomic mass is 9.83. The van der Waals surface area contributed by atoms with Crippen molar-refractivity contribution in [2.75, 3.05) is 11.1 Å². The van der Waals surface area contributed by atoms with Crippen LogP contribution in [0.5, 0.6) is 0 Å². The quantitative estimate of drug-likeness (QED) is 0.827. The van der Waals surface area contributed by atoms with E-state index < -0.39 is 0 Å². The van der Waals surface area contributed by atoms with Crippen LogP contribution in [0.15, 0.2) is 30.5 Å². The summed E-state index contributed by atoms with van der Waals surface area (Å²) in [6.45, 7) is 9.07. The van der Waals surface area contributed by atoms with Gasteiger partial charge in [-0.05, 0) is 17.9 Å². The lowest BCUT2D eigenvalue weighted by Crippen LogP contribution is -2.34. The van der Waals surface area contributed by atoms with Crippen molar-refractivity contribution in [1.29, 1.82) is 0 Å². The van der Waals surface area contributed by atoms with Crippen LogP contribution >= 0.6 is 0 Å². The zero-order chi connectivity index (χ0) is 15.5. The summed E-state index contributed by atoms with van der Waals surface area (Å²) in [4.78, 5) is 4.41. The van der Waals surface area contributed by atoms with Gasteiger partial charge in [0.15, 0.2) is 0 Å². The van der Waals surface area contributed by atoms with Crippen LogP contribution < -0.4 is 11.1 Å². The maximum absolute atomic E-state index is 6.18. The number of unbranched alkanes of at least 4 members (excludes halogenated alkanes) is 1. The fourth-order valence-electron chi connectivity index (χ4n) is 2.62. The number of para-hydroxylation sites is 1. The summed E-state index contributed by atoms with van der Waals surface area (Å²) in [6.07, 6.45) is 5.33. The van der Waals surface area contributed by atoms with Gasteiger partial charge in [0, 0.05) is 11.4 Å². The summed E-state index contributed by atoms with van der Waals surface area (Å²) < 4.78 is 0. The zero-order valence-corrected chi connectivity index (χ0v) is 13.6. The van der Waals surface area contributed by atoms with Crippen LogP contribution in [0.3, 0.4) is 0 Å². The number of aromatic nitrogens is 1. The Morgan fingerprint density at radius 2 is 1.95 bits per heavy atom. The number of nitrogens with one attached hydrogen (secondary N) is 1. The van der Waals surface area contributed by atoms with Gasteiger partial charge in [0.25, 0.3) is 0 Å². The van der Waals surface area contributed by atoms with Crippen molar-refractivity contribution in [3.05, 3.63) is 30.5 Å². The largest absolute Gasteiger partial charge is 0.396 e. The van der Waals surface area contributed by atoms with Gasteiger partial charge >= 0.3 is 0 Å². The lowest BCUT2D eigenvalue weighted by Gasteiger charge is -2.33. The maximum atomic E-state index is 6.18. The Balaban J connectivity index is 2.38. The summed E-state index contributed by atoms with van der Waals surface area (Å²) in [7, 11) is 0. The highest BCUT2D eigenvalue weighted by Gasteiger charge is 2.25. The van der Waals surface area contributed by atoms with E-state index in [2.05, 4.69) is 44.1 Å². The number of anilines is 2. The number of pyridine rings is 1. The molecule has 1 atom stereocenters. The molecule has 0 fully saturated rings. The number of nitrogens with two attached hydrogens (primary N) is 1. The van der Waals surface area contributed by atoms with E-state index in [4.69, 9.17) is 5.73 Å². The van der Waals surface area contributed by atoms with Crippen molar-refractivity contribution < 1.29 is 0 Å². The number of nitrogen functional groups attached to an aromatic ring is 1. The van der Waals surface area contributed by atoms with Crippen molar-refractivity contribution in [3.8, 4) is 0 Å². The SMILES string of the molecule is CCCC[C@@H](Nc1c(N)cnc2ccccc12)C(C)(C)C. The second-order valence-corrected chi connectivity index (χ2v) is 6.81. The third-order valence-corrected chi connectivity index (χ3v) is 4.02. The normalized spacial score (nSPS) is 13.3. The number of fused-ring (bicyclic) bond motifs is 1. The van der Waals surface area contributed by atoms with Gasteiger partial charge in [-0.3, -0.25) is 4.98 Å². The standard InChI is InChI=1S/C18H27N3/c1-5-6-11-16(18(2,3)4)21-17-13-9-7-8-10-15(13)20-12-14(17)19/h7-10,12,16H,5-6,11,19H2,1-4H3,(H,20,21)/t16-/m1/s1. The molecule has 3 nitrogen and oxygen atoms in total. The zero-order valence-electron chi connectivity index (χ0n) is 13.6. The van der Waals surface area contributed by atoms with E-state index >= 15 is 0 Å². The smallest absolute Gasteiger partial charge is 0.0743 e. The Kier molecular flexibility index (Phi) is 4.71. The van der Waals surface area contributed by atoms with Crippen LogP contribution in [-0.4, -0.2) is 11.0 Å². The topological polar surface area (TPSA) is 50.9 Å². The van der Waals surface area contributed by atoms with E-state index in [1.807, 2.05) is 18.2 Å². The van der Waals surface area contributed by atoms with Crippen LogP contribution in [0.2, 0.25) is 0 Å². The third-order valence-electron chi connectivity index (χ3n) is 4.02. The minimum Gasteiger partial charge on any atom is -0.396 e. The van der Waals surface area contributed by atoms with Gasteiger partial charge < -0.3 is 11.1 Å². The average Bonchev–Trinajstić information content (AvgIpc) is 2.44. The molecule has 0 amide bonds. The third kappa shape index (κ3) is 3.66. The first-order chi connectivity index (χ1) is 9.93. The highest BCUT2D eigenvalue weighted by atomic mass is 15.0. The molecule has 3 N–H and O–H groups in total. The van der Waals surface area contributed by atoms with Crippen molar-refractivity contribution in [2.24, 2.45) is 5.41 Å². The summed E-state index contributed by atoms with van der Waals surface area (Å²) >= 11 is 0. The van der Waals surface area contributed by atoms with Gasteiger partial charge in [-0.1, -0.05) is 58.7 Å². The Labute approximate surface area is 128 Å². The van der Waals surface area contributed by atoms with Gasteiger partial charge in [-0.2, -0.15) is 0 Å². The Morgan fingerprint density at radius 1 is 1.24 bits per heavy atom. The van der Waals surface area contributed by atoms with Crippen molar-refractivity contribution in [3.63, 3.8) is 0 Å². The van der Waals surface area contributed by atoms with E-state index in [9.17, 15) is 0 Å². The summed E-state index contributed by atoms with van der Waals surface area (Å²) in [5, 5.41) is 4.80. The number of hydrogen-bond donors (Lipinski definition) is 2. The van der Waals surface area contributed by atoms with Crippen LogP contribution in [0.4, 0.5) is 11.4 Å². The van der Waals surface area contributed by atoms with Crippen molar-refractivity contribution >= 4 is 22.3 Å². The van der Waals surface area contributed by atoms with Crippen molar-refractivity contribution in [2.45, 2.75) is 53.0 Å². The fraction of sp³-hybridized carbons (Fsp3) is 0.500. The van der Waals surface area contributed by atoms with Gasteiger partial charge in [-0.15, -0.1) is 0 Å². The molecule has 21 heavy (non-hydrogen) atoms. The molecule has 1 aromatic carbocycles. The maximum Gasteiger partial charge on any atom is 0.0743 e. The van der Waals surface area contributed by atoms with E-state index in [1.54, 1.807) is 6.20 Å². The molecule has 1 aromatic heterocycles. The monoisotopic (exact) mass is 285 g/mol. The summed E-state index contributed by atoms with van der Waals surface area (Å²) in [6, 6.07) is 8.55. The molecule has 1 heterocycles. The van der Waals surface area contributed by atoms with Gasteiger partial charge in [0.1, 0.15) is 0 Å². The number of hydrogen-bond acceptors (Lipinski definition) is 3. The predicted octanol–water partition coefficient (Wildman–Crippen LogP) is 4.83. The minimum atomic E-state index is 0.186. The number of benzene rings is 1. The highest BCUT2D eigenvalue weighted by molar-refractivity contribution is 5.96. The van der Waals surface area contributed by atoms with Gasteiger partial charge in [0.05, 0.1) is 23.1 Å². The first-order valence-electron chi connectivity index (χ1n) is 7.83. The second kappa shape index (κ2) is 6.33. The van der Waals surface area contributed by atoms with E-state index in [1.165, 1.54) is 12.8 Å². The first kappa shape index (κ1) is 15.6. The average molecular weight is 285 g/mol. The molecule has 0 aliphatic carbocycles. The van der Waals surface area contributed by atoms with Gasteiger partial charge in [0.2, 0.25) is 0 Å². The molecular formula is C18H27N3. The lowest BCUT2D eigenvalue weighted by molar-refractivity contribution is 0.321. The predicted molar refractivity (Wildman–Crippen MR) is 92.5 cm³/mol. The van der Waals surface area contributed by atoms with Crippen molar-refractivity contribution in [1.82, 2.24) is 4.98 Å². The molecule has 0 aliphatic rings. The van der Waals surface area contributed by atoms with E-state index in [-0.39, 0.29) is 5.41 Å². The fourth-order valence-corrected chi connectivity index (χ4v) is 2.62. The molecule has 2 aromatic rings. The Morgan fingerprint density at radius 3 is 2.62 bits per heavy atom. The summed E-state index contributed by atoms with van der Waals surface area (Å²) in [5.41, 5.74) is 9.10. The molecule has 2 rings (SSSR count). The molecule has 0 unspecified atom stereocenters.